The van der Waals surface area contributed by atoms with E-state index in [-0.39, 0.29) is 30.8 Å². The Labute approximate surface area is 387 Å². The first-order valence-electron chi connectivity index (χ1n) is 23.1. The second kappa shape index (κ2) is 23.3. The van der Waals surface area contributed by atoms with Crippen molar-refractivity contribution >= 4 is 47.2 Å². The lowest BCUT2D eigenvalue weighted by molar-refractivity contribution is -0.125. The molecule has 0 radical (unpaired) electrons. The van der Waals surface area contributed by atoms with E-state index in [0.717, 1.165) is 81.1 Å². The van der Waals surface area contributed by atoms with Crippen LogP contribution in [0.15, 0.2) is 95.2 Å². The quantitative estimate of drug-likeness (QED) is 0.0626. The van der Waals surface area contributed by atoms with Crippen molar-refractivity contribution in [1.29, 1.82) is 0 Å². The predicted molar refractivity (Wildman–Crippen MR) is 257 cm³/mol. The second-order valence-corrected chi connectivity index (χ2v) is 17.8. The summed E-state index contributed by atoms with van der Waals surface area (Å²) < 4.78 is 35.6. The van der Waals surface area contributed by atoms with Gasteiger partial charge in [0.2, 0.25) is 5.91 Å². The zero-order chi connectivity index (χ0) is 45.7. The highest BCUT2D eigenvalue weighted by atomic mass is 35.5. The van der Waals surface area contributed by atoms with E-state index in [0.29, 0.717) is 72.3 Å². The fourth-order valence-electron chi connectivity index (χ4n) is 9.46. The monoisotopic (exact) mass is 908 g/mol. The molecule has 0 aromatic heterocycles. The van der Waals surface area contributed by atoms with Gasteiger partial charge in [-0.05, 0) is 92.6 Å². The van der Waals surface area contributed by atoms with Crippen LogP contribution in [0.25, 0.3) is 5.57 Å². The van der Waals surface area contributed by atoms with Crippen LogP contribution in [0.1, 0.15) is 90.4 Å². The normalized spacial score (nSPS) is 18.9. The van der Waals surface area contributed by atoms with Gasteiger partial charge in [0.25, 0.3) is 5.91 Å². The number of nitrogens with zero attached hydrogens (tertiary/aromatic N) is 6. The zero-order valence-electron chi connectivity index (χ0n) is 37.7. The number of carbonyl (C=O) groups is 2. The van der Waals surface area contributed by atoms with Crippen LogP contribution in [0.4, 0.5) is 14.5 Å². The lowest BCUT2D eigenvalue weighted by atomic mass is 9.94. The molecule has 1 aliphatic carbocycles. The van der Waals surface area contributed by atoms with Gasteiger partial charge in [-0.15, -0.1) is 6.58 Å². The molecule has 2 amide bonds. The first-order valence-corrected chi connectivity index (χ1v) is 23.5. The number of aliphatic imine (C=N–C) groups is 2. The fourth-order valence-corrected chi connectivity index (χ4v) is 9.68. The number of piperazine rings is 1. The number of ether oxygens (including phenoxy) is 1. The summed E-state index contributed by atoms with van der Waals surface area (Å²) in [4.78, 5) is 43.7. The van der Waals surface area contributed by atoms with Gasteiger partial charge in [0.05, 0.1) is 6.54 Å². The van der Waals surface area contributed by atoms with Crippen molar-refractivity contribution < 1.29 is 23.1 Å². The van der Waals surface area contributed by atoms with Gasteiger partial charge in [0.1, 0.15) is 30.2 Å². The number of fused-ring (bicyclic) bond motifs is 1. The molecule has 0 bridgehead atoms. The number of aryl methyl sites for hydroxylation is 1. The molecule has 3 heterocycles. The SMILES string of the molecule is C=CCCC(C(=O)NC)N1Cc2c(ccc(CCCOCCCN3CCN(Cc4ccc(C5=CN(C6CCCCC6)C(=N/CNc6cc(F)cc(Cl)c6)/C5=C\N=C)cc4)CC3)c2F)C1=O. The Hall–Kier alpha value is -5.21. The number of carbonyl (C=O) groups excluding carboxylic acids is 2. The molecule has 2 fully saturated rings. The van der Waals surface area contributed by atoms with Gasteiger partial charge in [-0.25, -0.2) is 13.8 Å². The molecule has 4 aliphatic rings. The molecule has 3 aliphatic heterocycles. The third-order valence-electron chi connectivity index (χ3n) is 13.0. The highest BCUT2D eigenvalue weighted by molar-refractivity contribution is 6.30. The standard InChI is InChI=1S/C51H63ClF2N8O3/c1-4-5-14-47(50(63)56-3)62-34-46-43(51(62)64)20-19-38(48(46)54)11-9-26-65-27-10-21-59-22-24-60(25-23-59)32-36-15-17-37(18-16-36)45-33-61(42-12-7-6-8-13-42)49(44(45)31-55-2)58-35-57-41-29-39(52)28-40(53)30-41/h4,15-20,28-31,33,42,47,57H,1-2,5-14,21-27,32,34-35H2,3H3,(H,56,63)/b44-31-,58-49+. The van der Waals surface area contributed by atoms with Gasteiger partial charge in [-0.3, -0.25) is 19.5 Å². The molecule has 7 rings (SSSR count). The van der Waals surface area contributed by atoms with Gasteiger partial charge >= 0.3 is 0 Å². The minimum absolute atomic E-state index is 0.0867. The molecule has 0 spiro atoms. The number of likely N-dealkylation sites (N-methyl/N-ethyl adjacent to an activating group) is 1. The van der Waals surface area contributed by atoms with Crippen molar-refractivity contribution in [2.75, 3.05) is 65.0 Å². The molecule has 1 saturated heterocycles. The molecular weight excluding hydrogens is 846 g/mol. The lowest BCUT2D eigenvalue weighted by Crippen LogP contribution is -2.46. The highest BCUT2D eigenvalue weighted by Crippen LogP contribution is 2.37. The topological polar surface area (TPSA) is 105 Å². The Kier molecular flexibility index (Phi) is 17.1. The van der Waals surface area contributed by atoms with Crippen LogP contribution < -0.4 is 10.6 Å². The van der Waals surface area contributed by atoms with Crippen LogP contribution >= 0.6 is 11.6 Å². The fraction of sp³-hybridized carbons (Fsp3) is 0.451. The summed E-state index contributed by atoms with van der Waals surface area (Å²) >= 11 is 6.09. The van der Waals surface area contributed by atoms with Crippen molar-refractivity contribution in [1.82, 2.24) is 24.9 Å². The number of amides is 2. The Morgan fingerprint density at radius 2 is 1.75 bits per heavy atom. The smallest absolute Gasteiger partial charge is 0.255 e. The van der Waals surface area contributed by atoms with E-state index in [4.69, 9.17) is 21.3 Å². The van der Waals surface area contributed by atoms with E-state index < -0.39 is 11.9 Å². The minimum Gasteiger partial charge on any atom is -0.381 e. The van der Waals surface area contributed by atoms with Crippen molar-refractivity contribution in [2.45, 2.75) is 89.4 Å². The summed E-state index contributed by atoms with van der Waals surface area (Å²) in [6.45, 7) is 14.9. The van der Waals surface area contributed by atoms with Crippen LogP contribution in [0.5, 0.6) is 0 Å². The van der Waals surface area contributed by atoms with Crippen molar-refractivity contribution in [3.63, 3.8) is 0 Å². The van der Waals surface area contributed by atoms with E-state index in [2.05, 4.69) is 74.1 Å². The Morgan fingerprint density at radius 1 is 1.00 bits per heavy atom. The molecule has 65 heavy (non-hydrogen) atoms. The molecule has 1 saturated carbocycles. The number of halogens is 3. The predicted octanol–water partition coefficient (Wildman–Crippen LogP) is 8.85. The molecule has 346 valence electrons. The molecular formula is C51H63ClF2N8O3. The van der Waals surface area contributed by atoms with Crippen molar-refractivity contribution in [3.05, 3.63) is 130 Å². The number of amidine groups is 1. The average Bonchev–Trinajstić information content (AvgIpc) is 3.84. The first-order chi connectivity index (χ1) is 31.7. The van der Waals surface area contributed by atoms with E-state index in [1.165, 1.54) is 41.9 Å². The number of benzene rings is 3. The van der Waals surface area contributed by atoms with Crippen LogP contribution in [0, 0.1) is 11.6 Å². The third-order valence-corrected chi connectivity index (χ3v) is 13.2. The second-order valence-electron chi connectivity index (χ2n) is 17.3. The number of hydrogen-bond acceptors (Lipinski definition) is 8. The molecule has 1 unspecified atom stereocenters. The summed E-state index contributed by atoms with van der Waals surface area (Å²) in [6, 6.07) is 16.3. The summed E-state index contributed by atoms with van der Waals surface area (Å²) in [7, 11) is 1.54. The summed E-state index contributed by atoms with van der Waals surface area (Å²) in [6.07, 6.45) is 14.7. The minimum atomic E-state index is -0.668. The number of anilines is 1. The maximum absolute atomic E-state index is 15.6. The van der Waals surface area contributed by atoms with E-state index in [9.17, 15) is 14.0 Å². The largest absolute Gasteiger partial charge is 0.381 e. The van der Waals surface area contributed by atoms with Gasteiger partial charge in [-0.1, -0.05) is 67.3 Å². The van der Waals surface area contributed by atoms with E-state index in [1.807, 2.05) is 0 Å². The summed E-state index contributed by atoms with van der Waals surface area (Å²) in [5, 5.41) is 6.17. The maximum atomic E-state index is 15.6. The summed E-state index contributed by atoms with van der Waals surface area (Å²) in [5.41, 5.74) is 6.19. The lowest BCUT2D eigenvalue weighted by Gasteiger charge is -2.34. The average molecular weight is 910 g/mol. The number of rotatable bonds is 21. The third kappa shape index (κ3) is 12.2. The highest BCUT2D eigenvalue weighted by Gasteiger charge is 2.38. The van der Waals surface area contributed by atoms with Crippen molar-refractivity contribution in [2.24, 2.45) is 9.98 Å². The van der Waals surface area contributed by atoms with Crippen LogP contribution in [0.3, 0.4) is 0 Å². The molecule has 2 N–H and O–H groups in total. The van der Waals surface area contributed by atoms with Crippen molar-refractivity contribution in [3.8, 4) is 0 Å². The van der Waals surface area contributed by atoms with Gasteiger partial charge in [0, 0.05) is 111 Å². The van der Waals surface area contributed by atoms with E-state index >= 15 is 4.39 Å². The zero-order valence-corrected chi connectivity index (χ0v) is 38.4. The van der Waals surface area contributed by atoms with Crippen LogP contribution in [-0.4, -0.2) is 116 Å². The van der Waals surface area contributed by atoms with Gasteiger partial charge in [0.15, 0.2) is 0 Å². The van der Waals surface area contributed by atoms with Gasteiger partial charge < -0.3 is 30.1 Å². The Morgan fingerprint density at radius 3 is 2.48 bits per heavy atom. The number of hydrogen-bond donors (Lipinski definition) is 2. The number of allylic oxidation sites excluding steroid dienone is 1. The number of nitrogens with one attached hydrogen (secondary N) is 2. The summed E-state index contributed by atoms with van der Waals surface area (Å²) in [5.74, 6) is -0.480. The molecule has 11 nitrogen and oxygen atoms in total. The Balaban J connectivity index is 0.838. The molecule has 3 aromatic rings. The van der Waals surface area contributed by atoms with E-state index in [1.54, 1.807) is 37.5 Å². The van der Waals surface area contributed by atoms with Crippen LogP contribution in [-0.2, 0) is 29.0 Å². The Bertz CT molecular complexity index is 2230. The molecule has 1 atom stereocenters. The molecule has 14 heteroatoms. The van der Waals surface area contributed by atoms with Gasteiger partial charge in [-0.2, -0.15) is 0 Å². The van der Waals surface area contributed by atoms with Crippen LogP contribution in [0.2, 0.25) is 5.02 Å². The maximum Gasteiger partial charge on any atom is 0.255 e. The molecule has 3 aromatic carbocycles. The first kappa shape index (κ1) is 47.7.